The van der Waals surface area contributed by atoms with Crippen molar-refractivity contribution in [2.45, 2.75) is 25.4 Å². The molecule has 2 aromatic heterocycles. The third-order valence-corrected chi connectivity index (χ3v) is 3.16. The molecule has 3 rings (SSSR count). The van der Waals surface area contributed by atoms with E-state index in [4.69, 9.17) is 9.84 Å². The number of pyridine rings is 1. The number of rotatable bonds is 3. The van der Waals surface area contributed by atoms with Crippen LogP contribution in [-0.4, -0.2) is 38.4 Å². The molecule has 0 aliphatic carbocycles. The van der Waals surface area contributed by atoms with E-state index >= 15 is 0 Å². The molecule has 0 saturated carbocycles. The molecule has 0 aromatic carbocycles. The average Bonchev–Trinajstić information content (AvgIpc) is 2.99. The van der Waals surface area contributed by atoms with Crippen LogP contribution < -0.4 is 0 Å². The lowest BCUT2D eigenvalue weighted by Gasteiger charge is -2.07. The van der Waals surface area contributed by atoms with Crippen LogP contribution in [0.1, 0.15) is 29.0 Å². The molecule has 3 heterocycles. The Hall–Kier alpha value is -1.95. The molecule has 1 saturated heterocycles. The van der Waals surface area contributed by atoms with E-state index in [9.17, 15) is 4.79 Å². The van der Waals surface area contributed by atoms with E-state index in [1.807, 2.05) is 4.40 Å². The Morgan fingerprint density at radius 1 is 1.56 bits per heavy atom. The lowest BCUT2D eigenvalue weighted by molar-refractivity contribution is 0.0696. The molecule has 1 fully saturated rings. The maximum Gasteiger partial charge on any atom is 0.335 e. The molecule has 0 spiro atoms. The van der Waals surface area contributed by atoms with Gasteiger partial charge in [0.05, 0.1) is 11.7 Å². The molecular weight excluding hydrogens is 234 g/mol. The van der Waals surface area contributed by atoms with Gasteiger partial charge in [-0.25, -0.2) is 4.79 Å². The van der Waals surface area contributed by atoms with E-state index < -0.39 is 5.97 Å². The first kappa shape index (κ1) is 11.2. The smallest absolute Gasteiger partial charge is 0.335 e. The molecular formula is C12H13N3O3. The maximum atomic E-state index is 10.9. The topological polar surface area (TPSA) is 76.7 Å². The minimum atomic E-state index is -0.957. The van der Waals surface area contributed by atoms with E-state index in [0.717, 1.165) is 25.3 Å². The number of aromatic nitrogens is 3. The lowest BCUT2D eigenvalue weighted by Crippen LogP contribution is -2.11. The summed E-state index contributed by atoms with van der Waals surface area (Å²) in [6.07, 6.45) is 4.75. The van der Waals surface area contributed by atoms with Gasteiger partial charge in [0.1, 0.15) is 5.82 Å². The molecule has 0 bridgehead atoms. The number of hydrogen-bond acceptors (Lipinski definition) is 4. The summed E-state index contributed by atoms with van der Waals surface area (Å²) < 4.78 is 7.38. The van der Waals surface area contributed by atoms with E-state index in [1.54, 1.807) is 12.3 Å². The molecule has 1 unspecified atom stereocenters. The summed E-state index contributed by atoms with van der Waals surface area (Å²) in [6, 6.07) is 3.08. The van der Waals surface area contributed by atoms with Crippen LogP contribution in [0.5, 0.6) is 0 Å². The molecule has 1 aliphatic rings. The fraction of sp³-hybridized carbons (Fsp3) is 0.417. The number of nitrogens with zero attached hydrogens (tertiary/aromatic N) is 3. The standard InChI is InChI=1S/C12H13N3O3/c16-12(17)8-3-4-15-10(6-8)13-14-11(15)7-9-2-1-5-18-9/h3-4,6,9H,1-2,5,7H2,(H,16,17). The third kappa shape index (κ3) is 1.95. The zero-order chi connectivity index (χ0) is 12.5. The van der Waals surface area contributed by atoms with Crippen molar-refractivity contribution in [3.63, 3.8) is 0 Å². The van der Waals surface area contributed by atoms with Crippen molar-refractivity contribution >= 4 is 11.6 Å². The SMILES string of the molecule is O=C(O)c1ccn2c(CC3CCCO3)nnc2c1. The summed E-state index contributed by atoms with van der Waals surface area (Å²) in [7, 11) is 0. The number of carboxylic acid groups (broad SMARTS) is 1. The second kappa shape index (κ2) is 4.38. The first-order valence-corrected chi connectivity index (χ1v) is 5.92. The van der Waals surface area contributed by atoms with Crippen LogP contribution in [0.25, 0.3) is 5.65 Å². The van der Waals surface area contributed by atoms with Gasteiger partial charge in [0.15, 0.2) is 5.65 Å². The molecule has 18 heavy (non-hydrogen) atoms. The Bertz CT molecular complexity index is 587. The zero-order valence-electron chi connectivity index (χ0n) is 9.74. The van der Waals surface area contributed by atoms with E-state index in [1.165, 1.54) is 6.07 Å². The fourth-order valence-electron chi connectivity index (χ4n) is 2.22. The average molecular weight is 247 g/mol. The van der Waals surface area contributed by atoms with Gasteiger partial charge in [-0.3, -0.25) is 4.40 Å². The van der Waals surface area contributed by atoms with Crippen LogP contribution >= 0.6 is 0 Å². The maximum absolute atomic E-state index is 10.9. The van der Waals surface area contributed by atoms with Gasteiger partial charge in [-0.05, 0) is 25.0 Å². The second-order valence-corrected chi connectivity index (χ2v) is 4.40. The van der Waals surface area contributed by atoms with E-state index in [-0.39, 0.29) is 11.7 Å². The Labute approximate surface area is 103 Å². The molecule has 0 amide bonds. The first-order chi connectivity index (χ1) is 8.74. The monoisotopic (exact) mass is 247 g/mol. The molecule has 1 atom stereocenters. The highest BCUT2D eigenvalue weighted by Gasteiger charge is 2.19. The highest BCUT2D eigenvalue weighted by atomic mass is 16.5. The van der Waals surface area contributed by atoms with Crippen LogP contribution in [-0.2, 0) is 11.2 Å². The van der Waals surface area contributed by atoms with Gasteiger partial charge in [-0.15, -0.1) is 10.2 Å². The fourth-order valence-corrected chi connectivity index (χ4v) is 2.22. The predicted octanol–water partition coefficient (Wildman–Crippen LogP) is 1.15. The van der Waals surface area contributed by atoms with Crippen molar-refractivity contribution < 1.29 is 14.6 Å². The van der Waals surface area contributed by atoms with Crippen molar-refractivity contribution in [3.8, 4) is 0 Å². The predicted molar refractivity (Wildman–Crippen MR) is 62.6 cm³/mol. The van der Waals surface area contributed by atoms with E-state index in [0.29, 0.717) is 12.1 Å². The Morgan fingerprint density at radius 3 is 3.17 bits per heavy atom. The van der Waals surface area contributed by atoms with Gasteiger partial charge in [0.2, 0.25) is 0 Å². The third-order valence-electron chi connectivity index (χ3n) is 3.16. The van der Waals surface area contributed by atoms with Crippen LogP contribution in [0.15, 0.2) is 18.3 Å². The summed E-state index contributed by atoms with van der Waals surface area (Å²) >= 11 is 0. The van der Waals surface area contributed by atoms with Crippen molar-refractivity contribution in [2.24, 2.45) is 0 Å². The quantitative estimate of drug-likeness (QED) is 0.880. The second-order valence-electron chi connectivity index (χ2n) is 4.40. The number of aromatic carboxylic acids is 1. The van der Waals surface area contributed by atoms with Gasteiger partial charge in [0.25, 0.3) is 0 Å². The normalized spacial score (nSPS) is 19.4. The minimum absolute atomic E-state index is 0.205. The summed E-state index contributed by atoms with van der Waals surface area (Å²) in [5, 5.41) is 17.0. The van der Waals surface area contributed by atoms with Gasteiger partial charge >= 0.3 is 5.97 Å². The van der Waals surface area contributed by atoms with Crippen LogP contribution in [0.3, 0.4) is 0 Å². The molecule has 94 valence electrons. The summed E-state index contributed by atoms with van der Waals surface area (Å²) in [6.45, 7) is 0.810. The highest BCUT2D eigenvalue weighted by molar-refractivity contribution is 5.88. The van der Waals surface area contributed by atoms with Crippen LogP contribution in [0.2, 0.25) is 0 Å². The van der Waals surface area contributed by atoms with Gasteiger partial charge < -0.3 is 9.84 Å². The Kier molecular flexibility index (Phi) is 2.71. The zero-order valence-corrected chi connectivity index (χ0v) is 9.74. The lowest BCUT2D eigenvalue weighted by atomic mass is 10.2. The van der Waals surface area contributed by atoms with E-state index in [2.05, 4.69) is 10.2 Å². The molecule has 1 aliphatic heterocycles. The summed E-state index contributed by atoms with van der Waals surface area (Å²) in [5.41, 5.74) is 0.779. The van der Waals surface area contributed by atoms with Gasteiger partial charge in [-0.1, -0.05) is 0 Å². The Morgan fingerprint density at radius 2 is 2.44 bits per heavy atom. The first-order valence-electron chi connectivity index (χ1n) is 5.92. The van der Waals surface area contributed by atoms with Gasteiger partial charge in [-0.2, -0.15) is 0 Å². The molecule has 0 radical (unpaired) electrons. The Balaban J connectivity index is 1.91. The molecule has 6 heteroatoms. The highest BCUT2D eigenvalue weighted by Crippen LogP contribution is 2.17. The van der Waals surface area contributed by atoms with Crippen LogP contribution in [0.4, 0.5) is 0 Å². The number of hydrogen-bond donors (Lipinski definition) is 1. The minimum Gasteiger partial charge on any atom is -0.478 e. The molecule has 6 nitrogen and oxygen atoms in total. The summed E-state index contributed by atoms with van der Waals surface area (Å²) in [5.74, 6) is -0.144. The molecule has 2 aromatic rings. The number of fused-ring (bicyclic) bond motifs is 1. The number of carboxylic acids is 1. The molecule has 1 N–H and O–H groups in total. The summed E-state index contributed by atoms with van der Waals surface area (Å²) in [4.78, 5) is 10.9. The van der Waals surface area contributed by atoms with Crippen molar-refractivity contribution in [2.75, 3.05) is 6.61 Å². The van der Waals surface area contributed by atoms with Crippen LogP contribution in [0, 0.1) is 0 Å². The van der Waals surface area contributed by atoms with Crippen molar-refractivity contribution in [1.82, 2.24) is 14.6 Å². The largest absolute Gasteiger partial charge is 0.478 e. The van der Waals surface area contributed by atoms with Crippen molar-refractivity contribution in [3.05, 3.63) is 29.7 Å². The van der Waals surface area contributed by atoms with Gasteiger partial charge in [0, 0.05) is 19.2 Å². The number of carbonyl (C=O) groups is 1. The van der Waals surface area contributed by atoms with Crippen molar-refractivity contribution in [1.29, 1.82) is 0 Å². The number of ether oxygens (including phenoxy) is 1.